The molecule has 0 fully saturated rings. The van der Waals surface area contributed by atoms with E-state index in [-0.39, 0.29) is 5.41 Å². The van der Waals surface area contributed by atoms with E-state index in [9.17, 15) is 5.11 Å². The van der Waals surface area contributed by atoms with Gasteiger partial charge in [0.25, 0.3) is 0 Å². The van der Waals surface area contributed by atoms with Gasteiger partial charge in [-0.3, -0.25) is 4.68 Å². The summed E-state index contributed by atoms with van der Waals surface area (Å²) in [5.74, 6) is 0. The highest BCUT2D eigenvalue weighted by Gasteiger charge is 2.29. The summed E-state index contributed by atoms with van der Waals surface area (Å²) in [6.45, 7) is 4.28. The van der Waals surface area contributed by atoms with Gasteiger partial charge in [0.15, 0.2) is 0 Å². The molecule has 4 heteroatoms. The van der Waals surface area contributed by atoms with E-state index in [1.54, 1.807) is 4.68 Å². The first kappa shape index (κ1) is 10.2. The molecular weight excluding hydrogens is 166 g/mol. The molecule has 1 aromatic rings. The van der Waals surface area contributed by atoms with E-state index in [1.807, 2.05) is 33.2 Å². The number of nitrogens with two attached hydrogens (primary N) is 1. The molecule has 0 spiro atoms. The summed E-state index contributed by atoms with van der Waals surface area (Å²) in [7, 11) is 1.83. The zero-order chi connectivity index (χ0) is 10.1. The van der Waals surface area contributed by atoms with E-state index < -0.39 is 6.10 Å². The van der Waals surface area contributed by atoms with Crippen molar-refractivity contribution in [3.8, 4) is 0 Å². The lowest BCUT2D eigenvalue weighted by Crippen LogP contribution is -2.31. The number of aryl methyl sites for hydroxylation is 1. The Morgan fingerprint density at radius 1 is 1.69 bits per heavy atom. The molecule has 0 aliphatic carbocycles. The van der Waals surface area contributed by atoms with Crippen LogP contribution in [0.15, 0.2) is 12.3 Å². The van der Waals surface area contributed by atoms with Gasteiger partial charge in [0.1, 0.15) is 6.10 Å². The van der Waals surface area contributed by atoms with Gasteiger partial charge in [0, 0.05) is 25.2 Å². The highest BCUT2D eigenvalue weighted by Crippen LogP contribution is 2.30. The number of hydrogen-bond donors (Lipinski definition) is 2. The lowest BCUT2D eigenvalue weighted by Gasteiger charge is -2.27. The van der Waals surface area contributed by atoms with Crippen LogP contribution in [0.4, 0.5) is 0 Å². The number of rotatable bonds is 3. The minimum atomic E-state index is -0.598. The maximum atomic E-state index is 9.91. The molecule has 74 valence electrons. The average molecular weight is 183 g/mol. The highest BCUT2D eigenvalue weighted by atomic mass is 16.3. The third kappa shape index (κ3) is 2.08. The Morgan fingerprint density at radius 2 is 2.31 bits per heavy atom. The largest absolute Gasteiger partial charge is 0.386 e. The number of aromatic nitrogens is 2. The van der Waals surface area contributed by atoms with E-state index in [0.717, 1.165) is 0 Å². The maximum absolute atomic E-state index is 9.91. The number of nitrogens with zero attached hydrogens (tertiary/aromatic N) is 2. The number of hydrogen-bond acceptors (Lipinski definition) is 3. The van der Waals surface area contributed by atoms with Crippen molar-refractivity contribution in [2.45, 2.75) is 20.0 Å². The summed E-state index contributed by atoms with van der Waals surface area (Å²) in [6, 6.07) is 1.81. The monoisotopic (exact) mass is 183 g/mol. The molecule has 0 saturated carbocycles. The molecule has 1 unspecified atom stereocenters. The van der Waals surface area contributed by atoms with Gasteiger partial charge < -0.3 is 10.8 Å². The van der Waals surface area contributed by atoms with Crippen LogP contribution in [-0.2, 0) is 7.05 Å². The Kier molecular flexibility index (Phi) is 2.73. The summed E-state index contributed by atoms with van der Waals surface area (Å²) in [6.07, 6.45) is 1.21. The van der Waals surface area contributed by atoms with Crippen LogP contribution < -0.4 is 5.73 Å². The minimum absolute atomic E-state index is 0.325. The lowest BCUT2D eigenvalue weighted by molar-refractivity contribution is 0.0514. The quantitative estimate of drug-likeness (QED) is 0.714. The van der Waals surface area contributed by atoms with Crippen LogP contribution in [0.1, 0.15) is 25.6 Å². The molecule has 13 heavy (non-hydrogen) atoms. The van der Waals surface area contributed by atoms with Crippen molar-refractivity contribution in [3.05, 3.63) is 18.0 Å². The van der Waals surface area contributed by atoms with Gasteiger partial charge in [-0.2, -0.15) is 5.10 Å². The first-order chi connectivity index (χ1) is 5.97. The van der Waals surface area contributed by atoms with Crippen molar-refractivity contribution in [1.82, 2.24) is 9.78 Å². The molecule has 3 N–H and O–H groups in total. The lowest BCUT2D eigenvalue weighted by atomic mass is 9.85. The van der Waals surface area contributed by atoms with Gasteiger partial charge in [-0.15, -0.1) is 0 Å². The van der Waals surface area contributed by atoms with Crippen LogP contribution >= 0.6 is 0 Å². The van der Waals surface area contributed by atoms with E-state index in [2.05, 4.69) is 5.10 Å². The van der Waals surface area contributed by atoms with Gasteiger partial charge in [-0.05, 0) is 6.07 Å². The van der Waals surface area contributed by atoms with E-state index in [1.165, 1.54) is 0 Å². The molecule has 0 aromatic carbocycles. The summed E-state index contributed by atoms with van der Waals surface area (Å²) < 4.78 is 1.67. The minimum Gasteiger partial charge on any atom is -0.386 e. The van der Waals surface area contributed by atoms with Crippen LogP contribution in [0.25, 0.3) is 0 Å². The topological polar surface area (TPSA) is 64.1 Å². The fourth-order valence-corrected chi connectivity index (χ4v) is 1.09. The predicted molar refractivity (Wildman–Crippen MR) is 51.0 cm³/mol. The Balaban J connectivity index is 2.84. The van der Waals surface area contributed by atoms with Gasteiger partial charge in [-0.1, -0.05) is 13.8 Å². The third-order valence-corrected chi connectivity index (χ3v) is 2.28. The van der Waals surface area contributed by atoms with E-state index in [0.29, 0.717) is 12.2 Å². The molecule has 0 aliphatic rings. The molecule has 1 aromatic heterocycles. The summed E-state index contributed by atoms with van der Waals surface area (Å²) >= 11 is 0. The third-order valence-electron chi connectivity index (χ3n) is 2.28. The van der Waals surface area contributed by atoms with Gasteiger partial charge in [0.05, 0.1) is 5.69 Å². The molecule has 1 atom stereocenters. The van der Waals surface area contributed by atoms with Crippen LogP contribution in [0.3, 0.4) is 0 Å². The molecule has 0 aliphatic heterocycles. The second-order valence-corrected chi connectivity index (χ2v) is 4.01. The summed E-state index contributed by atoms with van der Waals surface area (Å²) in [5, 5.41) is 14.0. The smallest absolute Gasteiger partial charge is 0.104 e. The average Bonchev–Trinajstić information content (AvgIpc) is 2.50. The molecule has 4 nitrogen and oxygen atoms in total. The number of aliphatic hydroxyl groups is 1. The predicted octanol–water partition coefficient (Wildman–Crippen LogP) is 0.438. The second-order valence-electron chi connectivity index (χ2n) is 4.01. The molecule has 1 rings (SSSR count). The van der Waals surface area contributed by atoms with Gasteiger partial charge >= 0.3 is 0 Å². The van der Waals surface area contributed by atoms with E-state index >= 15 is 0 Å². The molecule has 1 heterocycles. The standard InChI is InChI=1S/C9H17N3O/c1-9(2,6-10)8(13)7-4-5-12(3)11-7/h4-5,8,13H,6,10H2,1-3H3. The Bertz CT molecular complexity index is 280. The van der Waals surface area contributed by atoms with E-state index in [4.69, 9.17) is 5.73 Å². The van der Waals surface area contributed by atoms with Crippen molar-refractivity contribution >= 4 is 0 Å². The fraction of sp³-hybridized carbons (Fsp3) is 0.667. The van der Waals surface area contributed by atoms with Crippen molar-refractivity contribution in [3.63, 3.8) is 0 Å². The van der Waals surface area contributed by atoms with Crippen LogP contribution in [0.5, 0.6) is 0 Å². The van der Waals surface area contributed by atoms with Crippen molar-refractivity contribution in [2.24, 2.45) is 18.2 Å². The normalized spacial score (nSPS) is 14.5. The molecule has 0 radical (unpaired) electrons. The number of aliphatic hydroxyl groups excluding tert-OH is 1. The van der Waals surface area contributed by atoms with Crippen molar-refractivity contribution in [2.75, 3.05) is 6.54 Å². The van der Waals surface area contributed by atoms with Gasteiger partial charge in [0.2, 0.25) is 0 Å². The second kappa shape index (κ2) is 3.47. The SMILES string of the molecule is Cn1ccc(C(O)C(C)(C)CN)n1. The fourth-order valence-electron chi connectivity index (χ4n) is 1.09. The Labute approximate surface area is 78.4 Å². The van der Waals surface area contributed by atoms with Crippen LogP contribution in [0, 0.1) is 5.41 Å². The van der Waals surface area contributed by atoms with Crippen LogP contribution in [-0.4, -0.2) is 21.4 Å². The molecule has 0 saturated heterocycles. The van der Waals surface area contributed by atoms with Crippen molar-refractivity contribution in [1.29, 1.82) is 0 Å². The van der Waals surface area contributed by atoms with Crippen LogP contribution in [0.2, 0.25) is 0 Å². The van der Waals surface area contributed by atoms with Crippen molar-refractivity contribution < 1.29 is 5.11 Å². The zero-order valence-corrected chi connectivity index (χ0v) is 8.36. The Hall–Kier alpha value is -0.870. The first-order valence-corrected chi connectivity index (χ1v) is 4.35. The van der Waals surface area contributed by atoms with Gasteiger partial charge in [-0.25, -0.2) is 0 Å². The first-order valence-electron chi connectivity index (χ1n) is 4.35. The molecule has 0 amide bonds. The highest BCUT2D eigenvalue weighted by molar-refractivity contribution is 5.06. The maximum Gasteiger partial charge on any atom is 0.104 e. The zero-order valence-electron chi connectivity index (χ0n) is 8.36. The summed E-state index contributed by atoms with van der Waals surface area (Å²) in [4.78, 5) is 0. The summed E-state index contributed by atoms with van der Waals surface area (Å²) in [5.41, 5.74) is 5.91. The molecule has 0 bridgehead atoms. The Morgan fingerprint density at radius 3 is 2.69 bits per heavy atom. The molecular formula is C9H17N3O.